The zero-order valence-corrected chi connectivity index (χ0v) is 18.9. The van der Waals surface area contributed by atoms with Crippen molar-refractivity contribution in [3.8, 4) is 0 Å². The number of nitrogens with one attached hydrogen (secondary N) is 1. The molecule has 1 aromatic rings. The highest BCUT2D eigenvalue weighted by molar-refractivity contribution is 6.44. The predicted octanol–water partition coefficient (Wildman–Crippen LogP) is 3.32. The molecule has 11 heteroatoms. The SMILES string of the molecule is C[C@H]1C2c3c(C4CC(C(F)(F)F)NN4C)cc(Cl)c(Cl)c3N(C)C2CCN1C(=O)CO. The zero-order valence-electron chi connectivity index (χ0n) is 17.4. The first-order chi connectivity index (χ1) is 14.5. The summed E-state index contributed by atoms with van der Waals surface area (Å²) in [5.41, 5.74) is 4.76. The number of aliphatic hydroxyl groups excluding tert-OH is 1. The van der Waals surface area contributed by atoms with Gasteiger partial charge in [-0.3, -0.25) is 4.79 Å². The van der Waals surface area contributed by atoms with E-state index in [9.17, 15) is 23.1 Å². The summed E-state index contributed by atoms with van der Waals surface area (Å²) in [6.45, 7) is 1.82. The normalized spacial score (nSPS) is 31.2. The quantitative estimate of drug-likeness (QED) is 0.679. The molecule has 4 rings (SSSR count). The lowest BCUT2D eigenvalue weighted by Gasteiger charge is -2.43. The molecule has 5 atom stereocenters. The number of piperidine rings is 1. The number of likely N-dealkylation sites (N-methyl/N-ethyl adjacent to an activating group) is 1. The Bertz CT molecular complexity index is 900. The number of halogens is 5. The van der Waals surface area contributed by atoms with E-state index in [1.165, 1.54) is 5.01 Å². The van der Waals surface area contributed by atoms with Crippen LogP contribution in [0.1, 0.15) is 42.9 Å². The molecule has 3 aliphatic rings. The van der Waals surface area contributed by atoms with E-state index in [-0.39, 0.29) is 30.3 Å². The largest absolute Gasteiger partial charge is 0.405 e. The number of nitrogens with zero attached hydrogens (tertiary/aromatic N) is 3. The van der Waals surface area contributed by atoms with Crippen LogP contribution in [0.4, 0.5) is 18.9 Å². The molecule has 2 fully saturated rings. The summed E-state index contributed by atoms with van der Waals surface area (Å²) in [4.78, 5) is 16.0. The number of alkyl halides is 3. The third-order valence-corrected chi connectivity index (χ3v) is 7.81. The van der Waals surface area contributed by atoms with Crippen molar-refractivity contribution in [2.75, 3.05) is 32.1 Å². The van der Waals surface area contributed by atoms with Crippen LogP contribution in [-0.4, -0.2) is 72.5 Å². The van der Waals surface area contributed by atoms with Gasteiger partial charge in [-0.1, -0.05) is 23.2 Å². The first kappa shape index (κ1) is 22.9. The number of rotatable bonds is 2. The van der Waals surface area contributed by atoms with Gasteiger partial charge >= 0.3 is 6.18 Å². The van der Waals surface area contributed by atoms with Crippen LogP contribution in [0.25, 0.3) is 0 Å². The molecule has 3 aliphatic heterocycles. The highest BCUT2D eigenvalue weighted by Crippen LogP contribution is 2.55. The van der Waals surface area contributed by atoms with E-state index >= 15 is 0 Å². The molecule has 4 unspecified atom stereocenters. The van der Waals surface area contributed by atoms with Gasteiger partial charge in [0.1, 0.15) is 12.6 Å². The highest BCUT2D eigenvalue weighted by atomic mass is 35.5. The second-order valence-electron chi connectivity index (χ2n) is 8.59. The predicted molar refractivity (Wildman–Crippen MR) is 112 cm³/mol. The second kappa shape index (κ2) is 7.95. The number of benzene rings is 1. The minimum Gasteiger partial charge on any atom is -0.387 e. The van der Waals surface area contributed by atoms with E-state index in [1.54, 1.807) is 18.0 Å². The summed E-state index contributed by atoms with van der Waals surface area (Å²) in [5.74, 6) is -0.521. The van der Waals surface area contributed by atoms with Crippen LogP contribution in [0.3, 0.4) is 0 Å². The summed E-state index contributed by atoms with van der Waals surface area (Å²) >= 11 is 13.0. The third kappa shape index (κ3) is 3.58. The smallest absolute Gasteiger partial charge is 0.387 e. The molecular formula is C20H25Cl2F3N4O2. The Morgan fingerprint density at radius 2 is 2.00 bits per heavy atom. The third-order valence-electron chi connectivity index (χ3n) is 7.04. The number of anilines is 1. The number of hydrazine groups is 1. The Morgan fingerprint density at radius 3 is 2.58 bits per heavy atom. The van der Waals surface area contributed by atoms with E-state index in [0.29, 0.717) is 34.3 Å². The summed E-state index contributed by atoms with van der Waals surface area (Å²) in [7, 11) is 3.49. The fraction of sp³-hybridized carbons (Fsp3) is 0.650. The fourth-order valence-corrected chi connectivity index (χ4v) is 6.07. The minimum absolute atomic E-state index is 0.0283. The Labute approximate surface area is 188 Å². The van der Waals surface area contributed by atoms with Crippen molar-refractivity contribution in [2.45, 2.75) is 56.0 Å². The standard InChI is InChI=1S/C20H25Cl2F3N4O2/c1-9-16-12(4-5-29(9)15(31)8-30)27(2)19-17(16)10(6-11(21)18(19)22)13-7-14(20(23,24)25)26-28(13)3/h6,9,12-14,16,26,30H,4-5,7-8H2,1-3H3/t9-,12?,13?,14?,16?/m0/s1. The molecule has 0 aromatic heterocycles. The van der Waals surface area contributed by atoms with Crippen LogP contribution in [0, 0.1) is 0 Å². The molecule has 6 nitrogen and oxygen atoms in total. The lowest BCUT2D eigenvalue weighted by Crippen LogP contribution is -2.53. The fourth-order valence-electron chi connectivity index (χ4n) is 5.58. The van der Waals surface area contributed by atoms with Gasteiger partial charge in [0.05, 0.1) is 21.8 Å². The summed E-state index contributed by atoms with van der Waals surface area (Å²) in [5, 5.41) is 11.5. The van der Waals surface area contributed by atoms with Gasteiger partial charge in [0, 0.05) is 38.6 Å². The van der Waals surface area contributed by atoms with Crippen molar-refractivity contribution < 1.29 is 23.1 Å². The van der Waals surface area contributed by atoms with Gasteiger partial charge < -0.3 is 14.9 Å². The first-order valence-corrected chi connectivity index (χ1v) is 10.9. The van der Waals surface area contributed by atoms with Gasteiger partial charge in [-0.2, -0.15) is 13.2 Å². The maximum Gasteiger partial charge on any atom is 0.405 e. The number of amides is 1. The molecular weight excluding hydrogens is 456 g/mol. The number of likely N-dealkylation sites (tertiary alicyclic amines) is 1. The Morgan fingerprint density at radius 1 is 1.32 bits per heavy atom. The average Bonchev–Trinajstić information content (AvgIpc) is 3.23. The zero-order chi connectivity index (χ0) is 22.8. The topological polar surface area (TPSA) is 59.0 Å². The Kier molecular flexibility index (Phi) is 5.88. The van der Waals surface area contributed by atoms with Crippen LogP contribution >= 0.6 is 23.2 Å². The summed E-state index contributed by atoms with van der Waals surface area (Å²) in [6, 6.07) is -0.769. The van der Waals surface area contributed by atoms with E-state index < -0.39 is 24.9 Å². The average molecular weight is 481 g/mol. The maximum absolute atomic E-state index is 13.4. The van der Waals surface area contributed by atoms with Crippen LogP contribution in [-0.2, 0) is 4.79 Å². The van der Waals surface area contributed by atoms with Crippen molar-refractivity contribution >= 4 is 34.8 Å². The molecule has 31 heavy (non-hydrogen) atoms. The second-order valence-corrected chi connectivity index (χ2v) is 9.37. The van der Waals surface area contributed by atoms with E-state index in [1.807, 2.05) is 18.9 Å². The van der Waals surface area contributed by atoms with Crippen molar-refractivity contribution in [1.29, 1.82) is 0 Å². The lowest BCUT2D eigenvalue weighted by atomic mass is 9.79. The molecule has 1 aromatic carbocycles. The molecule has 1 amide bonds. The van der Waals surface area contributed by atoms with Crippen LogP contribution in [0.2, 0.25) is 10.0 Å². The number of hydrogen-bond acceptors (Lipinski definition) is 5. The van der Waals surface area contributed by atoms with Crippen LogP contribution < -0.4 is 10.3 Å². The molecule has 2 saturated heterocycles. The molecule has 0 saturated carbocycles. The minimum atomic E-state index is -4.37. The van der Waals surface area contributed by atoms with E-state index in [4.69, 9.17) is 23.2 Å². The molecule has 2 N–H and O–H groups in total. The number of fused-ring (bicyclic) bond motifs is 3. The molecule has 0 radical (unpaired) electrons. The summed E-state index contributed by atoms with van der Waals surface area (Å²) < 4.78 is 40.2. The van der Waals surface area contributed by atoms with Gasteiger partial charge in [0.2, 0.25) is 5.91 Å². The summed E-state index contributed by atoms with van der Waals surface area (Å²) in [6.07, 6.45) is -3.87. The molecule has 3 heterocycles. The van der Waals surface area contributed by atoms with Gasteiger partial charge in [0.15, 0.2) is 0 Å². The van der Waals surface area contributed by atoms with Crippen molar-refractivity contribution in [1.82, 2.24) is 15.3 Å². The number of hydrogen-bond donors (Lipinski definition) is 2. The number of carbonyl (C=O) groups is 1. The van der Waals surface area contributed by atoms with Gasteiger partial charge in [-0.15, -0.1) is 0 Å². The molecule has 0 bridgehead atoms. The van der Waals surface area contributed by atoms with Crippen molar-refractivity contribution in [2.24, 2.45) is 0 Å². The van der Waals surface area contributed by atoms with E-state index in [2.05, 4.69) is 5.43 Å². The van der Waals surface area contributed by atoms with Gasteiger partial charge in [-0.05, 0) is 37.0 Å². The Balaban J connectivity index is 1.83. The van der Waals surface area contributed by atoms with Gasteiger partial charge in [0.25, 0.3) is 0 Å². The molecule has 0 aliphatic carbocycles. The number of aliphatic hydroxyl groups is 1. The first-order valence-electron chi connectivity index (χ1n) is 10.2. The van der Waals surface area contributed by atoms with Crippen LogP contribution in [0.5, 0.6) is 0 Å². The van der Waals surface area contributed by atoms with Crippen molar-refractivity contribution in [3.63, 3.8) is 0 Å². The molecule has 172 valence electrons. The Hall–Kier alpha value is -1.26. The maximum atomic E-state index is 13.4. The molecule has 0 spiro atoms. The van der Waals surface area contributed by atoms with Crippen LogP contribution in [0.15, 0.2) is 6.07 Å². The van der Waals surface area contributed by atoms with E-state index in [0.717, 1.165) is 5.56 Å². The highest BCUT2D eigenvalue weighted by Gasteiger charge is 2.51. The van der Waals surface area contributed by atoms with Gasteiger partial charge in [-0.25, -0.2) is 10.4 Å². The monoisotopic (exact) mass is 480 g/mol. The number of carbonyl (C=O) groups excluding carboxylic acids is 1. The lowest BCUT2D eigenvalue weighted by molar-refractivity contribution is -0.156. The van der Waals surface area contributed by atoms with Crippen molar-refractivity contribution in [3.05, 3.63) is 27.2 Å².